The molecule has 0 unspecified atom stereocenters. The molecule has 0 atom stereocenters. The molecule has 3 nitrogen and oxygen atoms in total. The van der Waals surface area contributed by atoms with Crippen LogP contribution in [0, 0.1) is 5.92 Å². The summed E-state index contributed by atoms with van der Waals surface area (Å²) in [6.07, 6.45) is 15.0. The third kappa shape index (κ3) is 8.69. The number of rotatable bonds is 9. The topological polar surface area (TPSA) is 51.8 Å². The first-order valence-corrected chi connectivity index (χ1v) is 19.7. The van der Waals surface area contributed by atoms with E-state index in [2.05, 4.69) is 147 Å². The molecule has 272 valence electrons. The summed E-state index contributed by atoms with van der Waals surface area (Å²) in [5.41, 5.74) is 21.0. The van der Waals surface area contributed by atoms with Crippen LogP contribution in [0.3, 0.4) is 0 Å². The molecule has 0 saturated carbocycles. The molecule has 1 heterocycles. The lowest BCUT2D eigenvalue weighted by Gasteiger charge is -2.14. The standard InChI is InChI=1S/C47H41N3.2C2H6/c1-31(2)11-9-18-44(48)39-22-21-37(24-39)41-27-42(38-20-19-36-23-34-16-10-17-35(34)25-40(36)26-38)29-43(28-41)47-49-45(32-12-5-3-6-13-32)30-46(50-47)33-14-7-4-8-15-33;2*1-2/h3-8,10,12-15,17-23,25-31H,9,11,16,24,48H2,1-2H3;2*1-2H3/b44-18-;;. The summed E-state index contributed by atoms with van der Waals surface area (Å²) in [7, 11) is 0. The Morgan fingerprint density at radius 3 is 1.96 bits per heavy atom. The highest BCUT2D eigenvalue weighted by molar-refractivity contribution is 5.92. The number of hydrogen-bond acceptors (Lipinski definition) is 3. The molecule has 2 N–H and O–H groups in total. The number of fused-ring (bicyclic) bond motifs is 2. The van der Waals surface area contributed by atoms with Crippen LogP contribution in [0.1, 0.15) is 77.5 Å². The first-order chi connectivity index (χ1) is 26.5. The Morgan fingerprint density at radius 1 is 0.648 bits per heavy atom. The maximum atomic E-state index is 6.62. The number of aromatic nitrogens is 2. The molecule has 6 aromatic rings. The molecule has 0 amide bonds. The number of hydrogen-bond donors (Lipinski definition) is 1. The third-order valence-corrected chi connectivity index (χ3v) is 9.84. The molecule has 5 aromatic carbocycles. The van der Waals surface area contributed by atoms with Crippen molar-refractivity contribution in [3.8, 4) is 45.0 Å². The van der Waals surface area contributed by atoms with Crippen molar-refractivity contribution in [2.75, 3.05) is 0 Å². The van der Waals surface area contributed by atoms with Crippen molar-refractivity contribution in [1.29, 1.82) is 0 Å². The lowest BCUT2D eigenvalue weighted by molar-refractivity contribution is 0.593. The summed E-state index contributed by atoms with van der Waals surface area (Å²) < 4.78 is 0. The van der Waals surface area contributed by atoms with Crippen LogP contribution in [-0.2, 0) is 6.42 Å². The molecule has 1 aromatic heterocycles. The van der Waals surface area contributed by atoms with E-state index in [0.29, 0.717) is 11.7 Å². The molecule has 0 bridgehead atoms. The first-order valence-electron chi connectivity index (χ1n) is 19.7. The molecule has 2 aliphatic carbocycles. The Balaban J connectivity index is 0.00000120. The van der Waals surface area contributed by atoms with Gasteiger partial charge in [-0.3, -0.25) is 0 Å². The van der Waals surface area contributed by atoms with E-state index < -0.39 is 0 Å². The minimum absolute atomic E-state index is 0.656. The van der Waals surface area contributed by atoms with Gasteiger partial charge >= 0.3 is 0 Å². The van der Waals surface area contributed by atoms with Crippen LogP contribution in [0.5, 0.6) is 0 Å². The molecule has 8 rings (SSSR count). The number of allylic oxidation sites excluding steroid dienone is 6. The SMILES string of the molecule is CC.CC.CC(C)CC/C=C(\N)C1=CC=C(c2cc(-c3ccc4cc5c(cc4c3)C=CC5)cc(-c3nc(-c4ccccc4)cc(-c4ccccc4)n3)c2)C1. The van der Waals surface area contributed by atoms with Crippen molar-refractivity contribution in [3.63, 3.8) is 0 Å². The Hall–Kier alpha value is -5.80. The first kappa shape index (κ1) is 37.9. The predicted molar refractivity (Wildman–Crippen MR) is 234 cm³/mol. The van der Waals surface area contributed by atoms with Crippen LogP contribution < -0.4 is 5.73 Å². The number of nitrogens with two attached hydrogens (primary N) is 1. The Morgan fingerprint density at radius 2 is 1.30 bits per heavy atom. The Bertz CT molecular complexity index is 2280. The highest BCUT2D eigenvalue weighted by atomic mass is 14.9. The molecule has 2 aliphatic rings. The van der Waals surface area contributed by atoms with Gasteiger partial charge in [0.1, 0.15) is 0 Å². The summed E-state index contributed by atoms with van der Waals surface area (Å²) in [6, 6.07) is 41.2. The van der Waals surface area contributed by atoms with Crippen molar-refractivity contribution in [1.82, 2.24) is 9.97 Å². The van der Waals surface area contributed by atoms with Crippen LogP contribution >= 0.6 is 0 Å². The van der Waals surface area contributed by atoms with Crippen molar-refractivity contribution >= 4 is 22.4 Å². The molecular weight excluding hydrogens is 655 g/mol. The van der Waals surface area contributed by atoms with E-state index in [0.717, 1.165) is 70.6 Å². The zero-order valence-electron chi connectivity index (χ0n) is 32.7. The molecular formula is C51H53N3. The summed E-state index contributed by atoms with van der Waals surface area (Å²) in [5.74, 6) is 1.36. The Kier molecular flexibility index (Phi) is 12.5. The summed E-state index contributed by atoms with van der Waals surface area (Å²) in [5, 5.41) is 2.52. The summed E-state index contributed by atoms with van der Waals surface area (Å²) in [4.78, 5) is 10.4. The number of nitrogens with zero attached hydrogens (tertiary/aromatic N) is 2. The van der Waals surface area contributed by atoms with Crippen LogP contribution in [0.15, 0.2) is 151 Å². The normalized spacial score (nSPS) is 13.1. The van der Waals surface area contributed by atoms with Crippen molar-refractivity contribution in [3.05, 3.63) is 168 Å². The third-order valence-electron chi connectivity index (χ3n) is 9.84. The fourth-order valence-electron chi connectivity index (χ4n) is 7.01. The van der Waals surface area contributed by atoms with E-state index in [4.69, 9.17) is 15.7 Å². The maximum absolute atomic E-state index is 6.62. The van der Waals surface area contributed by atoms with Gasteiger partial charge in [-0.2, -0.15) is 0 Å². The van der Waals surface area contributed by atoms with Gasteiger partial charge in [0.2, 0.25) is 0 Å². The second-order valence-corrected chi connectivity index (χ2v) is 13.9. The second-order valence-electron chi connectivity index (χ2n) is 13.9. The average Bonchev–Trinajstić information content (AvgIpc) is 3.92. The molecule has 0 saturated heterocycles. The molecule has 0 radical (unpaired) electrons. The van der Waals surface area contributed by atoms with Gasteiger partial charge in [-0.25, -0.2) is 9.97 Å². The van der Waals surface area contributed by atoms with E-state index in [9.17, 15) is 0 Å². The van der Waals surface area contributed by atoms with Gasteiger partial charge < -0.3 is 5.73 Å². The van der Waals surface area contributed by atoms with Crippen LogP contribution in [-0.4, -0.2) is 9.97 Å². The summed E-state index contributed by atoms with van der Waals surface area (Å²) >= 11 is 0. The fourth-order valence-corrected chi connectivity index (χ4v) is 7.01. The van der Waals surface area contributed by atoms with Crippen molar-refractivity contribution in [2.24, 2.45) is 11.7 Å². The van der Waals surface area contributed by atoms with Gasteiger partial charge in [0.05, 0.1) is 11.4 Å². The van der Waals surface area contributed by atoms with Crippen molar-refractivity contribution in [2.45, 2.75) is 67.2 Å². The van der Waals surface area contributed by atoms with E-state index in [1.165, 1.54) is 38.6 Å². The zero-order valence-corrected chi connectivity index (χ0v) is 32.7. The van der Waals surface area contributed by atoms with E-state index in [-0.39, 0.29) is 0 Å². The maximum Gasteiger partial charge on any atom is 0.160 e. The van der Waals surface area contributed by atoms with Gasteiger partial charge in [-0.05, 0) is 111 Å². The molecule has 3 heteroatoms. The van der Waals surface area contributed by atoms with Gasteiger partial charge in [0, 0.05) is 28.8 Å². The lowest BCUT2D eigenvalue weighted by atomic mass is 9.92. The fraction of sp³-hybridized carbons (Fsp3) is 0.216. The highest BCUT2D eigenvalue weighted by Gasteiger charge is 2.18. The van der Waals surface area contributed by atoms with Gasteiger partial charge in [-0.15, -0.1) is 0 Å². The summed E-state index contributed by atoms with van der Waals surface area (Å²) in [6.45, 7) is 12.5. The predicted octanol–water partition coefficient (Wildman–Crippen LogP) is 13.9. The molecule has 0 fully saturated rings. The number of benzene rings is 5. The van der Waals surface area contributed by atoms with Crippen LogP contribution in [0.25, 0.3) is 67.5 Å². The second kappa shape index (κ2) is 17.8. The van der Waals surface area contributed by atoms with Gasteiger partial charge in [0.25, 0.3) is 0 Å². The smallest absolute Gasteiger partial charge is 0.160 e. The highest BCUT2D eigenvalue weighted by Crippen LogP contribution is 2.38. The molecule has 54 heavy (non-hydrogen) atoms. The molecule has 0 spiro atoms. The Labute approximate surface area is 322 Å². The zero-order chi connectivity index (χ0) is 38.0. The quantitative estimate of drug-likeness (QED) is 0.163. The lowest BCUT2D eigenvalue weighted by Crippen LogP contribution is -2.01. The minimum atomic E-state index is 0.656. The largest absolute Gasteiger partial charge is 0.399 e. The van der Waals surface area contributed by atoms with E-state index in [1.54, 1.807) is 0 Å². The minimum Gasteiger partial charge on any atom is -0.399 e. The van der Waals surface area contributed by atoms with Crippen molar-refractivity contribution < 1.29 is 0 Å². The van der Waals surface area contributed by atoms with Gasteiger partial charge in [0.15, 0.2) is 5.82 Å². The van der Waals surface area contributed by atoms with Crippen LogP contribution in [0.4, 0.5) is 0 Å². The van der Waals surface area contributed by atoms with E-state index in [1.807, 2.05) is 39.8 Å². The monoisotopic (exact) mass is 707 g/mol. The molecule has 0 aliphatic heterocycles. The average molecular weight is 708 g/mol. The van der Waals surface area contributed by atoms with E-state index >= 15 is 0 Å². The van der Waals surface area contributed by atoms with Gasteiger partial charge in [-0.1, -0.05) is 151 Å². The van der Waals surface area contributed by atoms with Crippen LogP contribution in [0.2, 0.25) is 0 Å².